The van der Waals surface area contributed by atoms with Crippen molar-refractivity contribution in [2.75, 3.05) is 59.8 Å². The average molecular weight is 524 g/mol. The molecular formula is C24H31F2N5O4S. The van der Waals surface area contributed by atoms with Crippen molar-refractivity contribution in [2.24, 2.45) is 5.92 Å². The van der Waals surface area contributed by atoms with Crippen LogP contribution in [-0.4, -0.2) is 88.7 Å². The van der Waals surface area contributed by atoms with Gasteiger partial charge in [0.25, 0.3) is 5.92 Å². The van der Waals surface area contributed by atoms with Crippen molar-refractivity contribution >= 4 is 34.4 Å². The van der Waals surface area contributed by atoms with E-state index in [9.17, 15) is 27.8 Å². The van der Waals surface area contributed by atoms with Crippen LogP contribution >= 0.6 is 11.0 Å². The van der Waals surface area contributed by atoms with Crippen LogP contribution in [0.25, 0.3) is 11.3 Å². The van der Waals surface area contributed by atoms with Crippen molar-refractivity contribution in [1.82, 2.24) is 9.88 Å². The van der Waals surface area contributed by atoms with Crippen molar-refractivity contribution < 1.29 is 27.8 Å². The molecule has 3 N–H and O–H groups in total. The van der Waals surface area contributed by atoms with Gasteiger partial charge in [-0.25, -0.2) is 13.8 Å². The number of carbonyl (C=O) groups is 1. The molecule has 9 nitrogen and oxygen atoms in total. The lowest BCUT2D eigenvalue weighted by atomic mass is 10.0. The van der Waals surface area contributed by atoms with E-state index >= 15 is 0 Å². The highest BCUT2D eigenvalue weighted by atomic mass is 32.3. The molecule has 36 heavy (non-hydrogen) atoms. The van der Waals surface area contributed by atoms with E-state index in [1.54, 1.807) is 13.1 Å². The second kappa shape index (κ2) is 9.10. The molecule has 2 fully saturated rings. The molecule has 0 bridgehead atoms. The van der Waals surface area contributed by atoms with Crippen molar-refractivity contribution in [3.8, 4) is 11.3 Å². The van der Waals surface area contributed by atoms with Gasteiger partial charge in [0.2, 0.25) is 0 Å². The zero-order valence-electron chi connectivity index (χ0n) is 20.2. The van der Waals surface area contributed by atoms with Gasteiger partial charge >= 0.3 is 0 Å². The third-order valence-corrected chi connectivity index (χ3v) is 9.11. The monoisotopic (exact) mass is 523 g/mol. The Hall–Kier alpha value is -2.51. The fourth-order valence-electron chi connectivity index (χ4n) is 4.87. The van der Waals surface area contributed by atoms with E-state index in [2.05, 4.69) is 4.90 Å². The summed E-state index contributed by atoms with van der Waals surface area (Å²) in [5.74, 6) is -2.83. The normalized spacial score (nSPS) is 24.4. The number of hydrogen-bond acceptors (Lipinski definition) is 9. The molecule has 2 aliphatic heterocycles. The second-order valence-corrected chi connectivity index (χ2v) is 11.7. The quantitative estimate of drug-likeness (QED) is 0.472. The Morgan fingerprint density at radius 2 is 1.86 bits per heavy atom. The van der Waals surface area contributed by atoms with Gasteiger partial charge in [0.15, 0.2) is 0 Å². The summed E-state index contributed by atoms with van der Waals surface area (Å²) in [6, 6.07) is 9.36. The molecule has 3 aliphatic rings. The third-order valence-electron chi connectivity index (χ3n) is 7.24. The van der Waals surface area contributed by atoms with Crippen LogP contribution in [0.5, 0.6) is 0 Å². The Balaban J connectivity index is 1.37. The molecule has 1 aromatic heterocycles. The SMILES string of the molecule is Cc1ccc(N2CCN(CC(O)C=O)CC2)nc1-c1ccc2c(c1)N(C)S(O)(O)N2CC1CC1(F)F. The molecule has 2 atom stereocenters. The van der Waals surface area contributed by atoms with Crippen LogP contribution < -0.4 is 13.5 Å². The highest BCUT2D eigenvalue weighted by Crippen LogP contribution is 2.63. The Morgan fingerprint density at radius 3 is 2.50 bits per heavy atom. The topological polar surface area (TPSA) is 104 Å². The number of benzene rings is 1. The number of rotatable bonds is 7. The summed E-state index contributed by atoms with van der Waals surface area (Å²) in [5.41, 5.74) is 3.58. The zero-order valence-corrected chi connectivity index (χ0v) is 21.0. The van der Waals surface area contributed by atoms with E-state index in [4.69, 9.17) is 4.98 Å². The lowest BCUT2D eigenvalue weighted by Crippen LogP contribution is -2.49. The number of alkyl halides is 2. The highest BCUT2D eigenvalue weighted by molar-refractivity contribution is 8.26. The van der Waals surface area contributed by atoms with Gasteiger partial charge < -0.3 is 14.8 Å². The first-order valence-electron chi connectivity index (χ1n) is 11.9. The summed E-state index contributed by atoms with van der Waals surface area (Å²) in [4.78, 5) is 19.8. The minimum atomic E-state index is -3.42. The van der Waals surface area contributed by atoms with Gasteiger partial charge in [0.1, 0.15) is 18.2 Å². The van der Waals surface area contributed by atoms with Crippen LogP contribution in [0.3, 0.4) is 0 Å². The Labute approximate surface area is 210 Å². The van der Waals surface area contributed by atoms with E-state index in [-0.39, 0.29) is 13.0 Å². The lowest BCUT2D eigenvalue weighted by molar-refractivity contribution is -0.115. The van der Waals surface area contributed by atoms with E-state index in [0.29, 0.717) is 50.4 Å². The fraction of sp³-hybridized carbons (Fsp3) is 0.500. The maximum Gasteiger partial charge on any atom is 0.253 e. The Bertz CT molecular complexity index is 1160. The van der Waals surface area contributed by atoms with E-state index in [1.807, 2.05) is 36.1 Å². The highest BCUT2D eigenvalue weighted by Gasteiger charge is 2.59. The molecule has 3 heterocycles. The molecule has 5 rings (SSSR count). The molecule has 1 saturated heterocycles. The number of anilines is 3. The Morgan fingerprint density at radius 1 is 1.17 bits per heavy atom. The zero-order chi connectivity index (χ0) is 25.8. The predicted molar refractivity (Wildman–Crippen MR) is 137 cm³/mol. The summed E-state index contributed by atoms with van der Waals surface area (Å²) in [6.45, 7) is 4.97. The third kappa shape index (κ3) is 4.52. The van der Waals surface area contributed by atoms with Crippen molar-refractivity contribution in [3.05, 3.63) is 35.9 Å². The van der Waals surface area contributed by atoms with Crippen LogP contribution in [0.4, 0.5) is 26.0 Å². The molecule has 0 spiro atoms. The number of aldehydes is 1. The number of nitrogens with zero attached hydrogens (tertiary/aromatic N) is 5. The first-order chi connectivity index (χ1) is 17.0. The first-order valence-corrected chi connectivity index (χ1v) is 13.4. The smallest absolute Gasteiger partial charge is 0.253 e. The number of halogens is 2. The number of pyridine rings is 1. The maximum atomic E-state index is 13.6. The maximum absolute atomic E-state index is 13.6. The van der Waals surface area contributed by atoms with E-state index in [1.165, 1.54) is 8.61 Å². The van der Waals surface area contributed by atoms with Crippen molar-refractivity contribution in [2.45, 2.75) is 25.4 Å². The molecule has 12 heteroatoms. The van der Waals surface area contributed by atoms with Crippen LogP contribution in [-0.2, 0) is 4.79 Å². The molecule has 196 valence electrons. The fourth-order valence-corrected chi connectivity index (χ4v) is 6.37. The number of piperazine rings is 1. The van der Waals surface area contributed by atoms with Crippen molar-refractivity contribution in [1.29, 1.82) is 0 Å². The molecule has 2 unspecified atom stereocenters. The van der Waals surface area contributed by atoms with Crippen LogP contribution in [0.1, 0.15) is 12.0 Å². The van der Waals surface area contributed by atoms with Crippen molar-refractivity contribution in [3.63, 3.8) is 0 Å². The molecule has 1 saturated carbocycles. The minimum absolute atomic E-state index is 0.116. The van der Waals surface area contributed by atoms with Crippen LogP contribution in [0.2, 0.25) is 0 Å². The predicted octanol–water partition coefficient (Wildman–Crippen LogP) is 3.23. The second-order valence-electron chi connectivity index (χ2n) is 9.74. The first kappa shape index (κ1) is 25.2. The van der Waals surface area contributed by atoms with Gasteiger partial charge in [-0.2, -0.15) is 0 Å². The molecule has 1 aliphatic carbocycles. The van der Waals surface area contributed by atoms with E-state index in [0.717, 1.165) is 22.6 Å². The number of carbonyl (C=O) groups excluding carboxylic acids is 1. The lowest BCUT2D eigenvalue weighted by Gasteiger charge is -2.42. The van der Waals surface area contributed by atoms with E-state index < -0.39 is 28.9 Å². The number of aliphatic hydroxyl groups excluding tert-OH is 1. The largest absolute Gasteiger partial charge is 0.384 e. The Kier molecular flexibility index (Phi) is 6.36. The summed E-state index contributed by atoms with van der Waals surface area (Å²) in [5, 5.41) is 9.58. The van der Waals surface area contributed by atoms with Gasteiger partial charge in [-0.1, -0.05) is 12.1 Å². The van der Waals surface area contributed by atoms with Gasteiger partial charge in [-0.05, 0) is 41.6 Å². The van der Waals surface area contributed by atoms with Gasteiger partial charge in [0, 0.05) is 64.2 Å². The number of aromatic nitrogens is 1. The number of fused-ring (bicyclic) bond motifs is 1. The number of β-amino-alcohol motifs (C(OH)–C–C–N with tert-alkyl or cyclic N) is 1. The minimum Gasteiger partial charge on any atom is -0.384 e. The van der Waals surface area contributed by atoms with Crippen LogP contribution in [0, 0.1) is 12.8 Å². The summed E-state index contributed by atoms with van der Waals surface area (Å²) in [7, 11) is -1.86. The average Bonchev–Trinajstić information content (AvgIpc) is 3.42. The summed E-state index contributed by atoms with van der Waals surface area (Å²) in [6.07, 6.45) is -0.667. The van der Waals surface area contributed by atoms with Crippen LogP contribution in [0.15, 0.2) is 30.3 Å². The summed E-state index contributed by atoms with van der Waals surface area (Å²) >= 11 is 0. The standard InChI is InChI=1S/C24H31F2N5O4S/c1-16-3-6-22(30-9-7-29(8-10-30)14-19(33)15-32)27-23(16)17-4-5-20-21(11-17)28(2)36(34,35)31(20)13-18-12-24(18,25)26/h3-6,11,15,18-19,33-35H,7-10,12-14H2,1-2H3. The van der Waals surface area contributed by atoms with Gasteiger partial charge in [0.05, 0.1) is 17.1 Å². The molecule has 2 aromatic rings. The number of aliphatic hydroxyl groups is 1. The summed E-state index contributed by atoms with van der Waals surface area (Å²) < 4.78 is 51.4. The number of hydrogen-bond donors (Lipinski definition) is 3. The number of aryl methyl sites for hydroxylation is 1. The molecule has 0 radical (unpaired) electrons. The molecular weight excluding hydrogens is 492 g/mol. The van der Waals surface area contributed by atoms with Gasteiger partial charge in [-0.15, -0.1) is 0 Å². The molecule has 1 aromatic carbocycles. The molecule has 0 amide bonds. The van der Waals surface area contributed by atoms with Gasteiger partial charge in [-0.3, -0.25) is 22.6 Å².